The van der Waals surface area contributed by atoms with E-state index >= 15 is 0 Å². The molecule has 1 fully saturated rings. The Morgan fingerprint density at radius 2 is 2.00 bits per heavy atom. The van der Waals surface area contributed by atoms with Gasteiger partial charge in [0, 0.05) is 11.9 Å². The van der Waals surface area contributed by atoms with E-state index in [-0.39, 0.29) is 10.7 Å². The van der Waals surface area contributed by atoms with Crippen molar-refractivity contribution in [2.75, 3.05) is 11.9 Å². The predicted molar refractivity (Wildman–Crippen MR) is 66.8 cm³/mol. The molecule has 0 aromatic rings. The zero-order chi connectivity index (χ0) is 11.5. The molecule has 1 aliphatic rings. The smallest absolute Gasteiger partial charge is 0.214 e. The van der Waals surface area contributed by atoms with Gasteiger partial charge in [-0.2, -0.15) is 0 Å². The van der Waals surface area contributed by atoms with Gasteiger partial charge in [-0.15, -0.1) is 0 Å². The van der Waals surface area contributed by atoms with Crippen LogP contribution in [0.15, 0.2) is 0 Å². The van der Waals surface area contributed by atoms with Gasteiger partial charge in [-0.3, -0.25) is 0 Å². The monoisotopic (exact) mass is 297 g/mol. The van der Waals surface area contributed by atoms with Crippen LogP contribution < -0.4 is 4.72 Å². The summed E-state index contributed by atoms with van der Waals surface area (Å²) in [7, 11) is -3.01. The second kappa shape index (κ2) is 5.15. The third-order valence-electron chi connectivity index (χ3n) is 2.70. The van der Waals surface area contributed by atoms with Crippen molar-refractivity contribution in [2.45, 2.75) is 44.8 Å². The van der Waals surface area contributed by atoms with Gasteiger partial charge in [0.25, 0.3) is 0 Å². The molecule has 1 aliphatic carbocycles. The molecule has 0 unspecified atom stereocenters. The van der Waals surface area contributed by atoms with E-state index in [1.165, 1.54) is 0 Å². The highest BCUT2D eigenvalue weighted by Gasteiger charge is 2.36. The fraction of sp³-hybridized carbons (Fsp3) is 1.00. The summed E-state index contributed by atoms with van der Waals surface area (Å²) in [6.45, 7) is 4.76. The molecule has 0 radical (unpaired) electrons. The van der Waals surface area contributed by atoms with Crippen molar-refractivity contribution in [2.24, 2.45) is 5.41 Å². The molecule has 3 nitrogen and oxygen atoms in total. The maximum absolute atomic E-state index is 11.6. The van der Waals surface area contributed by atoms with Crippen molar-refractivity contribution in [3.8, 4) is 0 Å². The zero-order valence-corrected chi connectivity index (χ0v) is 11.8. The molecule has 0 aromatic heterocycles. The molecule has 0 saturated heterocycles. The number of hydrogen-bond acceptors (Lipinski definition) is 2. The van der Waals surface area contributed by atoms with Crippen LogP contribution in [0.4, 0.5) is 0 Å². The summed E-state index contributed by atoms with van der Waals surface area (Å²) in [6.07, 6.45) is 3.78. The number of halogens is 1. The van der Waals surface area contributed by atoms with Crippen molar-refractivity contribution in [3.63, 3.8) is 0 Å². The maximum Gasteiger partial charge on any atom is 0.214 e. The first-order chi connectivity index (χ1) is 6.87. The normalized spacial score (nSPS) is 18.1. The maximum atomic E-state index is 11.6. The van der Waals surface area contributed by atoms with E-state index in [1.807, 2.05) is 0 Å². The molecule has 1 saturated carbocycles. The van der Waals surface area contributed by atoms with Gasteiger partial charge < -0.3 is 0 Å². The SMILES string of the molecule is CC(C)(CCCBr)CNS(=O)(=O)C1CC1. The van der Waals surface area contributed by atoms with E-state index in [2.05, 4.69) is 34.5 Å². The molecule has 0 spiro atoms. The summed E-state index contributed by atoms with van der Waals surface area (Å²) >= 11 is 3.39. The quantitative estimate of drug-likeness (QED) is 0.733. The van der Waals surface area contributed by atoms with Crippen LogP contribution in [0, 0.1) is 5.41 Å². The molecule has 0 bridgehead atoms. The van der Waals surface area contributed by atoms with Gasteiger partial charge in [-0.05, 0) is 31.1 Å². The summed E-state index contributed by atoms with van der Waals surface area (Å²) in [4.78, 5) is 0. The van der Waals surface area contributed by atoms with Crippen LogP contribution in [0.25, 0.3) is 0 Å². The molecule has 1 N–H and O–H groups in total. The zero-order valence-electron chi connectivity index (χ0n) is 9.42. The molecule has 15 heavy (non-hydrogen) atoms. The van der Waals surface area contributed by atoms with Crippen LogP contribution in [-0.2, 0) is 10.0 Å². The standard InChI is InChI=1S/C10H20BrNO2S/c1-10(2,6-3-7-11)8-12-15(13,14)9-4-5-9/h9,12H,3-8H2,1-2H3. The first-order valence-electron chi connectivity index (χ1n) is 5.42. The molecule has 0 aliphatic heterocycles. The third kappa shape index (κ3) is 4.83. The molecule has 5 heteroatoms. The summed E-state index contributed by atoms with van der Waals surface area (Å²) in [6, 6.07) is 0. The molecule has 0 aromatic carbocycles. The average Bonchev–Trinajstić information content (AvgIpc) is 2.95. The average molecular weight is 298 g/mol. The van der Waals surface area contributed by atoms with E-state index < -0.39 is 10.0 Å². The molecule has 90 valence electrons. The van der Waals surface area contributed by atoms with Crippen LogP contribution in [0.5, 0.6) is 0 Å². The Bertz CT molecular complexity index is 297. The lowest BCUT2D eigenvalue weighted by Gasteiger charge is -2.24. The minimum absolute atomic E-state index is 0.0513. The van der Waals surface area contributed by atoms with Gasteiger partial charge in [0.05, 0.1) is 5.25 Å². The van der Waals surface area contributed by atoms with Crippen molar-refractivity contribution >= 4 is 26.0 Å². The van der Waals surface area contributed by atoms with Crippen molar-refractivity contribution in [3.05, 3.63) is 0 Å². The lowest BCUT2D eigenvalue weighted by molar-refractivity contribution is 0.332. The van der Waals surface area contributed by atoms with Gasteiger partial charge >= 0.3 is 0 Å². The second-order valence-electron chi connectivity index (χ2n) is 5.02. The predicted octanol–water partition coefficient (Wildman–Crippen LogP) is 2.27. The van der Waals surface area contributed by atoms with Crippen molar-refractivity contribution in [1.82, 2.24) is 4.72 Å². The van der Waals surface area contributed by atoms with Gasteiger partial charge in [0.15, 0.2) is 0 Å². The number of rotatable bonds is 7. The van der Waals surface area contributed by atoms with Crippen molar-refractivity contribution in [1.29, 1.82) is 0 Å². The van der Waals surface area contributed by atoms with Crippen LogP contribution in [-0.4, -0.2) is 25.5 Å². The lowest BCUT2D eigenvalue weighted by Crippen LogP contribution is -2.35. The fourth-order valence-corrected chi connectivity index (χ4v) is 3.29. The van der Waals surface area contributed by atoms with Gasteiger partial charge in [0.1, 0.15) is 0 Å². The van der Waals surface area contributed by atoms with Crippen LogP contribution in [0.1, 0.15) is 39.5 Å². The highest BCUT2D eigenvalue weighted by Crippen LogP contribution is 2.28. The molecular weight excluding hydrogens is 278 g/mol. The molecule has 0 atom stereocenters. The Labute approximate surface area is 101 Å². The summed E-state index contributed by atoms with van der Waals surface area (Å²) in [5.74, 6) is 0. The highest BCUT2D eigenvalue weighted by atomic mass is 79.9. The number of nitrogens with one attached hydrogen (secondary N) is 1. The number of hydrogen-bond donors (Lipinski definition) is 1. The van der Waals surface area contributed by atoms with E-state index in [0.29, 0.717) is 6.54 Å². The van der Waals surface area contributed by atoms with Crippen LogP contribution in [0.3, 0.4) is 0 Å². The Balaban J connectivity index is 2.34. The molecule has 0 amide bonds. The van der Waals surface area contributed by atoms with E-state index in [9.17, 15) is 8.42 Å². The largest absolute Gasteiger partial charge is 0.214 e. The van der Waals surface area contributed by atoms with E-state index in [0.717, 1.165) is 31.0 Å². The molecular formula is C10H20BrNO2S. The third-order valence-corrected chi connectivity index (χ3v) is 5.16. The summed E-state index contributed by atoms with van der Waals surface area (Å²) in [5, 5.41) is 0.871. The summed E-state index contributed by atoms with van der Waals surface area (Å²) < 4.78 is 25.9. The van der Waals surface area contributed by atoms with Gasteiger partial charge in [-0.25, -0.2) is 13.1 Å². The Morgan fingerprint density at radius 3 is 2.47 bits per heavy atom. The van der Waals surface area contributed by atoms with Gasteiger partial charge in [-0.1, -0.05) is 29.8 Å². The molecule has 1 rings (SSSR count). The minimum Gasteiger partial charge on any atom is -0.214 e. The van der Waals surface area contributed by atoms with Gasteiger partial charge in [0.2, 0.25) is 10.0 Å². The highest BCUT2D eigenvalue weighted by molar-refractivity contribution is 9.09. The fourth-order valence-electron chi connectivity index (χ4n) is 1.43. The first kappa shape index (κ1) is 13.5. The van der Waals surface area contributed by atoms with E-state index in [1.54, 1.807) is 0 Å². The summed E-state index contributed by atoms with van der Waals surface area (Å²) in [5.41, 5.74) is 0.0513. The Kier molecular flexibility index (Phi) is 4.62. The van der Waals surface area contributed by atoms with E-state index in [4.69, 9.17) is 0 Å². The lowest BCUT2D eigenvalue weighted by atomic mass is 9.88. The Hall–Kier alpha value is 0.390. The van der Waals surface area contributed by atoms with Crippen molar-refractivity contribution < 1.29 is 8.42 Å². The number of sulfonamides is 1. The van der Waals surface area contributed by atoms with Crippen LogP contribution >= 0.6 is 15.9 Å². The Morgan fingerprint density at radius 1 is 1.40 bits per heavy atom. The number of alkyl halides is 1. The topological polar surface area (TPSA) is 46.2 Å². The minimum atomic E-state index is -3.01. The van der Waals surface area contributed by atoms with Crippen LogP contribution in [0.2, 0.25) is 0 Å². The molecule has 0 heterocycles. The second-order valence-corrected chi connectivity index (χ2v) is 7.86. The first-order valence-corrected chi connectivity index (χ1v) is 8.09.